The van der Waals surface area contributed by atoms with E-state index in [2.05, 4.69) is 10.6 Å². The summed E-state index contributed by atoms with van der Waals surface area (Å²) in [6.45, 7) is 0.912. The third-order valence-corrected chi connectivity index (χ3v) is 6.48. The topological polar surface area (TPSA) is 91.7 Å². The summed E-state index contributed by atoms with van der Waals surface area (Å²) in [5.41, 5.74) is 2.13. The molecule has 4 aromatic rings. The summed E-state index contributed by atoms with van der Waals surface area (Å²) in [5, 5.41) is 6.69. The van der Waals surface area contributed by atoms with E-state index in [4.69, 9.17) is 4.42 Å². The molecule has 3 amide bonds. The van der Waals surface area contributed by atoms with Crippen molar-refractivity contribution in [1.29, 1.82) is 0 Å². The first-order chi connectivity index (χ1) is 18.0. The largest absolute Gasteiger partial charge is 0.451 e. The standard InChI is InChI=1S/C29H26FN3O4/c30-24-7-3-2-6-23(24)29(36)33-15-13-22(14-16-33)31-27(34)17-19-9-11-21(12-10-19)32-28(35)26-18-20-5-1-4-8-25(20)37-26/h1-12,18,22H,13-17H2,(H,31,34)(H,32,35). The summed E-state index contributed by atoms with van der Waals surface area (Å²) in [5.74, 6) is -1.08. The maximum atomic E-state index is 13.9. The second kappa shape index (κ2) is 10.7. The van der Waals surface area contributed by atoms with Gasteiger partial charge < -0.3 is 20.0 Å². The predicted octanol–water partition coefficient (Wildman–Crippen LogP) is 4.79. The Balaban J connectivity index is 1.09. The zero-order chi connectivity index (χ0) is 25.8. The molecule has 1 aliphatic rings. The number of hydrogen-bond donors (Lipinski definition) is 2. The molecule has 2 N–H and O–H groups in total. The number of nitrogens with one attached hydrogen (secondary N) is 2. The molecule has 0 radical (unpaired) electrons. The Morgan fingerprint density at radius 3 is 2.35 bits per heavy atom. The maximum absolute atomic E-state index is 13.9. The first-order valence-corrected chi connectivity index (χ1v) is 12.2. The fourth-order valence-electron chi connectivity index (χ4n) is 4.49. The van der Waals surface area contributed by atoms with E-state index in [0.29, 0.717) is 37.2 Å². The lowest BCUT2D eigenvalue weighted by Crippen LogP contribution is -2.47. The Labute approximate surface area is 213 Å². The zero-order valence-electron chi connectivity index (χ0n) is 20.1. The van der Waals surface area contributed by atoms with E-state index in [1.807, 2.05) is 18.2 Å². The molecule has 37 heavy (non-hydrogen) atoms. The van der Waals surface area contributed by atoms with Gasteiger partial charge in [-0.15, -0.1) is 0 Å². The molecular weight excluding hydrogens is 473 g/mol. The quantitative estimate of drug-likeness (QED) is 0.399. The number of fused-ring (bicyclic) bond motifs is 1. The van der Waals surface area contributed by atoms with Gasteiger partial charge in [-0.1, -0.05) is 42.5 Å². The van der Waals surface area contributed by atoms with Gasteiger partial charge in [0.05, 0.1) is 12.0 Å². The van der Waals surface area contributed by atoms with Crippen molar-refractivity contribution in [3.05, 3.63) is 102 Å². The highest BCUT2D eigenvalue weighted by molar-refractivity contribution is 6.04. The van der Waals surface area contributed by atoms with E-state index in [9.17, 15) is 18.8 Å². The molecule has 0 saturated carbocycles. The fourth-order valence-corrected chi connectivity index (χ4v) is 4.49. The van der Waals surface area contributed by atoms with Crippen molar-refractivity contribution in [2.75, 3.05) is 18.4 Å². The maximum Gasteiger partial charge on any atom is 0.291 e. The summed E-state index contributed by atoms with van der Waals surface area (Å²) in [4.78, 5) is 39.3. The second-order valence-corrected chi connectivity index (χ2v) is 9.09. The molecule has 3 aromatic carbocycles. The molecule has 0 aliphatic carbocycles. The Morgan fingerprint density at radius 1 is 0.919 bits per heavy atom. The van der Waals surface area contributed by atoms with Crippen LogP contribution in [0, 0.1) is 5.82 Å². The summed E-state index contributed by atoms with van der Waals surface area (Å²) >= 11 is 0. The molecule has 8 heteroatoms. The van der Waals surface area contributed by atoms with Gasteiger partial charge in [-0.2, -0.15) is 0 Å². The predicted molar refractivity (Wildman–Crippen MR) is 138 cm³/mol. The molecular formula is C29H26FN3O4. The van der Waals surface area contributed by atoms with Crippen LogP contribution >= 0.6 is 0 Å². The highest BCUT2D eigenvalue weighted by Crippen LogP contribution is 2.20. The average Bonchev–Trinajstić information content (AvgIpc) is 3.35. The molecule has 1 aliphatic heterocycles. The minimum absolute atomic E-state index is 0.0421. The minimum atomic E-state index is -0.525. The van der Waals surface area contributed by atoms with Crippen LogP contribution in [-0.2, 0) is 11.2 Å². The van der Waals surface area contributed by atoms with Gasteiger partial charge in [-0.3, -0.25) is 14.4 Å². The molecule has 2 heterocycles. The number of hydrogen-bond acceptors (Lipinski definition) is 4. The number of furan rings is 1. The lowest BCUT2D eigenvalue weighted by Gasteiger charge is -2.32. The number of benzene rings is 3. The Kier molecular flexibility index (Phi) is 6.98. The van der Waals surface area contributed by atoms with Gasteiger partial charge in [-0.25, -0.2) is 4.39 Å². The van der Waals surface area contributed by atoms with Crippen LogP contribution in [0.3, 0.4) is 0 Å². The molecule has 1 fully saturated rings. The molecule has 1 saturated heterocycles. The summed E-state index contributed by atoms with van der Waals surface area (Å²) in [6, 6.07) is 22.1. The first kappa shape index (κ1) is 24.2. The third-order valence-electron chi connectivity index (χ3n) is 6.48. The van der Waals surface area contributed by atoms with Crippen molar-refractivity contribution in [3.63, 3.8) is 0 Å². The van der Waals surface area contributed by atoms with Crippen LogP contribution in [0.1, 0.15) is 39.3 Å². The van der Waals surface area contributed by atoms with Crippen molar-refractivity contribution in [3.8, 4) is 0 Å². The van der Waals surface area contributed by atoms with Gasteiger partial charge in [0, 0.05) is 30.2 Å². The fraction of sp³-hybridized carbons (Fsp3) is 0.207. The number of carbonyl (C=O) groups is 3. The number of rotatable bonds is 6. The van der Waals surface area contributed by atoms with E-state index >= 15 is 0 Å². The van der Waals surface area contributed by atoms with E-state index in [1.54, 1.807) is 53.4 Å². The normalized spacial score (nSPS) is 13.9. The van der Waals surface area contributed by atoms with E-state index in [1.165, 1.54) is 12.1 Å². The number of amides is 3. The van der Waals surface area contributed by atoms with Crippen LogP contribution in [0.5, 0.6) is 0 Å². The SMILES string of the molecule is O=C(Cc1ccc(NC(=O)c2cc3ccccc3o2)cc1)NC1CCN(C(=O)c2ccccc2F)CC1. The van der Waals surface area contributed by atoms with E-state index in [0.717, 1.165) is 10.9 Å². The van der Waals surface area contributed by atoms with Crippen LogP contribution in [-0.4, -0.2) is 41.8 Å². The molecule has 188 valence electrons. The van der Waals surface area contributed by atoms with Crippen LogP contribution in [0.4, 0.5) is 10.1 Å². The van der Waals surface area contributed by atoms with Gasteiger partial charge in [0.2, 0.25) is 5.91 Å². The first-order valence-electron chi connectivity index (χ1n) is 12.2. The van der Waals surface area contributed by atoms with Crippen LogP contribution in [0.15, 0.2) is 83.3 Å². The van der Waals surface area contributed by atoms with Crippen molar-refractivity contribution >= 4 is 34.4 Å². The van der Waals surface area contributed by atoms with E-state index < -0.39 is 5.82 Å². The van der Waals surface area contributed by atoms with Crippen LogP contribution < -0.4 is 10.6 Å². The minimum Gasteiger partial charge on any atom is -0.451 e. The van der Waals surface area contributed by atoms with Gasteiger partial charge in [-0.05, 0) is 54.8 Å². The Morgan fingerprint density at radius 2 is 1.62 bits per heavy atom. The Bertz CT molecular complexity index is 1410. The number of piperidine rings is 1. The summed E-state index contributed by atoms with van der Waals surface area (Å²) in [6.07, 6.45) is 1.42. The van der Waals surface area contributed by atoms with Gasteiger partial charge in [0.25, 0.3) is 11.8 Å². The van der Waals surface area contributed by atoms with Crippen molar-refractivity contribution in [2.45, 2.75) is 25.3 Å². The molecule has 5 rings (SSSR count). The van der Waals surface area contributed by atoms with E-state index in [-0.39, 0.29) is 41.5 Å². The molecule has 1 aromatic heterocycles. The van der Waals surface area contributed by atoms with Gasteiger partial charge in [0.15, 0.2) is 5.76 Å². The zero-order valence-corrected chi connectivity index (χ0v) is 20.1. The highest BCUT2D eigenvalue weighted by atomic mass is 19.1. The number of para-hydroxylation sites is 1. The van der Waals surface area contributed by atoms with Crippen molar-refractivity contribution < 1.29 is 23.2 Å². The number of halogens is 1. The van der Waals surface area contributed by atoms with Gasteiger partial charge in [0.1, 0.15) is 11.4 Å². The summed E-state index contributed by atoms with van der Waals surface area (Å²) in [7, 11) is 0. The van der Waals surface area contributed by atoms with Gasteiger partial charge >= 0.3 is 0 Å². The number of carbonyl (C=O) groups excluding carboxylic acids is 3. The number of nitrogens with zero attached hydrogens (tertiary/aromatic N) is 1. The van der Waals surface area contributed by atoms with Crippen molar-refractivity contribution in [2.24, 2.45) is 0 Å². The molecule has 0 unspecified atom stereocenters. The summed E-state index contributed by atoms with van der Waals surface area (Å²) < 4.78 is 19.5. The lowest BCUT2D eigenvalue weighted by molar-refractivity contribution is -0.121. The molecule has 7 nitrogen and oxygen atoms in total. The second-order valence-electron chi connectivity index (χ2n) is 9.09. The Hall–Kier alpha value is -4.46. The monoisotopic (exact) mass is 499 g/mol. The molecule has 0 atom stereocenters. The molecule has 0 spiro atoms. The van der Waals surface area contributed by atoms with Crippen molar-refractivity contribution in [1.82, 2.24) is 10.2 Å². The molecule has 0 bridgehead atoms. The number of anilines is 1. The third kappa shape index (κ3) is 5.69. The number of likely N-dealkylation sites (tertiary alicyclic amines) is 1. The van der Waals surface area contributed by atoms with Crippen LogP contribution in [0.25, 0.3) is 11.0 Å². The average molecular weight is 500 g/mol. The smallest absolute Gasteiger partial charge is 0.291 e. The van der Waals surface area contributed by atoms with Crippen LogP contribution in [0.2, 0.25) is 0 Å². The lowest BCUT2D eigenvalue weighted by atomic mass is 10.0. The highest BCUT2D eigenvalue weighted by Gasteiger charge is 2.26.